The Balaban J connectivity index is 2.22. The van der Waals surface area contributed by atoms with Crippen molar-refractivity contribution in [2.24, 2.45) is 0 Å². The van der Waals surface area contributed by atoms with Crippen LogP contribution >= 0.6 is 0 Å². The average Bonchev–Trinajstić information content (AvgIpc) is 2.41. The van der Waals surface area contributed by atoms with Crippen molar-refractivity contribution >= 4 is 17.7 Å². The molecular formula is C13H12F2N2O4. The fourth-order valence-corrected chi connectivity index (χ4v) is 1.93. The number of nitrogens with zero attached hydrogens (tertiary/aromatic N) is 1. The Bertz CT molecular complexity index is 591. The van der Waals surface area contributed by atoms with Gasteiger partial charge in [-0.2, -0.15) is 8.78 Å². The fraction of sp³-hybridized carbons (Fsp3) is 0.308. The molecule has 1 aliphatic heterocycles. The van der Waals surface area contributed by atoms with Crippen molar-refractivity contribution in [3.8, 4) is 5.75 Å². The Hall–Kier alpha value is -2.51. The number of hydrogen-bond acceptors (Lipinski definition) is 4. The minimum atomic E-state index is -3.00. The van der Waals surface area contributed by atoms with Gasteiger partial charge in [-0.15, -0.1) is 0 Å². The van der Waals surface area contributed by atoms with Crippen molar-refractivity contribution in [3.05, 3.63) is 29.8 Å². The lowest BCUT2D eigenvalue weighted by Crippen LogP contribution is -2.58. The van der Waals surface area contributed by atoms with Crippen LogP contribution in [0.25, 0.3) is 0 Å². The van der Waals surface area contributed by atoms with Gasteiger partial charge in [0.05, 0.1) is 0 Å². The standard InChI is InChI=1S/C13H12F2N2O4/c1-7-11(19)16-10(18)6-17(7)12(20)8-3-2-4-9(5-8)21-13(14)15/h2-5,7,13H,6H2,1H3,(H,16,18,19). The van der Waals surface area contributed by atoms with Crippen LogP contribution in [0.3, 0.4) is 0 Å². The topological polar surface area (TPSA) is 75.7 Å². The lowest BCUT2D eigenvalue weighted by molar-refractivity contribution is -0.138. The van der Waals surface area contributed by atoms with E-state index in [0.717, 1.165) is 11.0 Å². The highest BCUT2D eigenvalue weighted by atomic mass is 19.3. The van der Waals surface area contributed by atoms with Gasteiger partial charge >= 0.3 is 6.61 Å². The molecule has 2 rings (SSSR count). The second-order valence-corrected chi connectivity index (χ2v) is 4.43. The molecule has 1 heterocycles. The minimum Gasteiger partial charge on any atom is -0.435 e. The molecule has 1 saturated heterocycles. The summed E-state index contributed by atoms with van der Waals surface area (Å²) in [6, 6.07) is 4.36. The monoisotopic (exact) mass is 298 g/mol. The second kappa shape index (κ2) is 5.86. The van der Waals surface area contributed by atoms with Gasteiger partial charge in [0.2, 0.25) is 11.8 Å². The second-order valence-electron chi connectivity index (χ2n) is 4.43. The third-order valence-corrected chi connectivity index (χ3v) is 2.99. The molecule has 0 spiro atoms. The number of imide groups is 1. The van der Waals surface area contributed by atoms with E-state index in [1.165, 1.54) is 25.1 Å². The van der Waals surface area contributed by atoms with Gasteiger partial charge in [0, 0.05) is 5.56 Å². The van der Waals surface area contributed by atoms with Crippen molar-refractivity contribution in [1.82, 2.24) is 10.2 Å². The number of hydrogen-bond donors (Lipinski definition) is 1. The Labute approximate surface area is 118 Å². The van der Waals surface area contributed by atoms with Crippen LogP contribution < -0.4 is 10.1 Å². The Morgan fingerprint density at radius 1 is 1.43 bits per heavy atom. The Kier molecular flexibility index (Phi) is 4.15. The first-order valence-corrected chi connectivity index (χ1v) is 6.08. The summed E-state index contributed by atoms with van der Waals surface area (Å²) in [7, 11) is 0. The smallest absolute Gasteiger partial charge is 0.387 e. The number of rotatable bonds is 3. The van der Waals surface area contributed by atoms with E-state index >= 15 is 0 Å². The van der Waals surface area contributed by atoms with Gasteiger partial charge in [0.25, 0.3) is 5.91 Å². The molecule has 1 aromatic rings. The quantitative estimate of drug-likeness (QED) is 0.837. The summed E-state index contributed by atoms with van der Waals surface area (Å²) in [6.45, 7) is -1.80. The number of piperazine rings is 1. The van der Waals surface area contributed by atoms with E-state index < -0.39 is 30.4 Å². The van der Waals surface area contributed by atoms with E-state index in [1.807, 2.05) is 0 Å². The summed E-state index contributed by atoms with van der Waals surface area (Å²) >= 11 is 0. The first kappa shape index (κ1) is 14.9. The molecule has 0 saturated carbocycles. The number of benzene rings is 1. The minimum absolute atomic E-state index is 0.0579. The van der Waals surface area contributed by atoms with E-state index in [1.54, 1.807) is 0 Å². The number of amides is 3. The lowest BCUT2D eigenvalue weighted by Gasteiger charge is -2.31. The molecule has 1 unspecified atom stereocenters. The van der Waals surface area contributed by atoms with E-state index in [0.29, 0.717) is 0 Å². The number of halogens is 2. The van der Waals surface area contributed by atoms with Crippen LogP contribution in [0.2, 0.25) is 0 Å². The molecule has 6 nitrogen and oxygen atoms in total. The largest absolute Gasteiger partial charge is 0.435 e. The SMILES string of the molecule is CC1C(=O)NC(=O)CN1C(=O)c1cccc(OC(F)F)c1. The van der Waals surface area contributed by atoms with Crippen LogP contribution in [0.5, 0.6) is 5.75 Å². The highest BCUT2D eigenvalue weighted by molar-refractivity contribution is 6.07. The predicted molar refractivity (Wildman–Crippen MR) is 66.7 cm³/mol. The van der Waals surface area contributed by atoms with Gasteiger partial charge in [-0.05, 0) is 25.1 Å². The molecular weight excluding hydrogens is 286 g/mol. The van der Waals surface area contributed by atoms with Gasteiger partial charge in [0.15, 0.2) is 0 Å². The zero-order chi connectivity index (χ0) is 15.6. The molecule has 1 fully saturated rings. The maximum Gasteiger partial charge on any atom is 0.387 e. The van der Waals surface area contributed by atoms with Gasteiger partial charge < -0.3 is 9.64 Å². The van der Waals surface area contributed by atoms with Crippen LogP contribution in [-0.2, 0) is 9.59 Å². The number of ether oxygens (including phenoxy) is 1. The molecule has 112 valence electrons. The maximum absolute atomic E-state index is 12.3. The molecule has 0 bridgehead atoms. The van der Waals surface area contributed by atoms with E-state index in [2.05, 4.69) is 10.1 Å². The fourth-order valence-electron chi connectivity index (χ4n) is 1.93. The normalized spacial score (nSPS) is 18.7. The summed E-state index contributed by atoms with van der Waals surface area (Å²) in [5, 5.41) is 2.11. The molecule has 1 aliphatic rings. The highest BCUT2D eigenvalue weighted by Gasteiger charge is 2.34. The average molecular weight is 298 g/mol. The molecule has 0 aromatic heterocycles. The molecule has 1 atom stereocenters. The van der Waals surface area contributed by atoms with Crippen molar-refractivity contribution in [1.29, 1.82) is 0 Å². The predicted octanol–water partition coefficient (Wildman–Crippen LogP) is 0.775. The molecule has 8 heteroatoms. The number of carbonyl (C=O) groups excluding carboxylic acids is 3. The maximum atomic E-state index is 12.3. The molecule has 0 radical (unpaired) electrons. The van der Waals surface area contributed by atoms with Crippen LogP contribution in [0.4, 0.5) is 8.78 Å². The number of nitrogens with one attached hydrogen (secondary N) is 1. The lowest BCUT2D eigenvalue weighted by atomic mass is 10.1. The Morgan fingerprint density at radius 2 is 2.14 bits per heavy atom. The van der Waals surface area contributed by atoms with Crippen LogP contribution in [0.1, 0.15) is 17.3 Å². The zero-order valence-corrected chi connectivity index (χ0v) is 11.0. The van der Waals surface area contributed by atoms with Crippen LogP contribution in [0, 0.1) is 0 Å². The van der Waals surface area contributed by atoms with Gasteiger partial charge in [-0.3, -0.25) is 19.7 Å². The number of alkyl halides is 2. The third kappa shape index (κ3) is 3.33. The van der Waals surface area contributed by atoms with Crippen LogP contribution in [0.15, 0.2) is 24.3 Å². The molecule has 1 N–H and O–H groups in total. The van der Waals surface area contributed by atoms with Gasteiger partial charge in [0.1, 0.15) is 18.3 Å². The van der Waals surface area contributed by atoms with Crippen molar-refractivity contribution in [3.63, 3.8) is 0 Å². The third-order valence-electron chi connectivity index (χ3n) is 2.99. The summed E-state index contributed by atoms with van der Waals surface area (Å²) in [4.78, 5) is 36.2. The van der Waals surface area contributed by atoms with E-state index in [-0.39, 0.29) is 17.9 Å². The summed E-state index contributed by atoms with van der Waals surface area (Å²) in [5.41, 5.74) is 0.0579. The summed E-state index contributed by atoms with van der Waals surface area (Å²) < 4.78 is 28.5. The van der Waals surface area contributed by atoms with Gasteiger partial charge in [-0.1, -0.05) is 6.07 Å². The van der Waals surface area contributed by atoms with Crippen molar-refractivity contribution < 1.29 is 27.9 Å². The first-order valence-electron chi connectivity index (χ1n) is 6.08. The number of carbonyl (C=O) groups is 3. The van der Waals surface area contributed by atoms with Gasteiger partial charge in [-0.25, -0.2) is 0 Å². The molecule has 1 aromatic carbocycles. The van der Waals surface area contributed by atoms with Crippen molar-refractivity contribution in [2.45, 2.75) is 19.6 Å². The molecule has 21 heavy (non-hydrogen) atoms. The molecule has 3 amide bonds. The molecule has 0 aliphatic carbocycles. The van der Waals surface area contributed by atoms with E-state index in [4.69, 9.17) is 0 Å². The first-order chi connectivity index (χ1) is 9.88. The highest BCUT2D eigenvalue weighted by Crippen LogP contribution is 2.18. The van der Waals surface area contributed by atoms with Crippen LogP contribution in [-0.4, -0.2) is 41.8 Å². The zero-order valence-electron chi connectivity index (χ0n) is 11.0. The summed E-state index contributed by atoms with van der Waals surface area (Å²) in [6.07, 6.45) is 0. The van der Waals surface area contributed by atoms with Crippen molar-refractivity contribution in [2.75, 3.05) is 6.54 Å². The Morgan fingerprint density at radius 3 is 2.81 bits per heavy atom. The van der Waals surface area contributed by atoms with E-state index in [9.17, 15) is 23.2 Å². The summed E-state index contributed by atoms with van der Waals surface area (Å²) in [5.74, 6) is -1.95.